The molecule has 1 aromatic heterocycles. The van der Waals surface area contributed by atoms with Crippen LogP contribution >= 0.6 is 27.5 Å². The Morgan fingerprint density at radius 3 is 2.72 bits per heavy atom. The fourth-order valence-electron chi connectivity index (χ4n) is 1.84. The van der Waals surface area contributed by atoms with Crippen molar-refractivity contribution in [2.24, 2.45) is 5.92 Å². The second-order valence-corrected chi connectivity index (χ2v) is 5.98. The Kier molecular flexibility index (Phi) is 3.97. The molecule has 0 aliphatic heterocycles. The fourth-order valence-corrected chi connectivity index (χ4v) is 2.70. The minimum absolute atomic E-state index is 0.384. The van der Waals surface area contributed by atoms with Crippen molar-refractivity contribution in [2.45, 2.75) is 20.3 Å². The van der Waals surface area contributed by atoms with Crippen LogP contribution in [-0.2, 0) is 6.42 Å². The van der Waals surface area contributed by atoms with Crippen LogP contribution < -0.4 is 5.73 Å². The topological polar surface area (TPSA) is 52.0 Å². The maximum absolute atomic E-state index is 6.05. The summed E-state index contributed by atoms with van der Waals surface area (Å²) < 4.78 is 6.00. The molecule has 0 saturated carbocycles. The summed E-state index contributed by atoms with van der Waals surface area (Å²) in [7, 11) is 0. The Labute approximate surface area is 119 Å². The van der Waals surface area contributed by atoms with Gasteiger partial charge in [-0.1, -0.05) is 46.5 Å². The summed E-state index contributed by atoms with van der Waals surface area (Å²) in [5, 5.41) is 4.69. The van der Waals surface area contributed by atoms with Gasteiger partial charge >= 0.3 is 0 Å². The molecule has 0 radical (unpaired) electrons. The quantitative estimate of drug-likeness (QED) is 0.899. The van der Waals surface area contributed by atoms with Gasteiger partial charge in [0.05, 0.1) is 0 Å². The lowest BCUT2D eigenvalue weighted by Gasteiger charge is -2.06. The zero-order valence-electron chi connectivity index (χ0n) is 10.2. The standard InChI is InChI=1S/C13H14BrClN2O/c1-7(2)3-11-12(17-18-13(11)16)8-4-9(14)6-10(15)5-8/h4-7H,3,16H2,1-2H3. The van der Waals surface area contributed by atoms with Crippen molar-refractivity contribution in [2.75, 3.05) is 5.73 Å². The van der Waals surface area contributed by atoms with Gasteiger partial charge in [-0.3, -0.25) is 0 Å². The van der Waals surface area contributed by atoms with Crippen molar-refractivity contribution in [3.8, 4) is 11.3 Å². The third kappa shape index (κ3) is 2.87. The van der Waals surface area contributed by atoms with E-state index in [1.807, 2.05) is 18.2 Å². The molecule has 0 fully saturated rings. The number of aromatic nitrogens is 1. The molecule has 2 aromatic rings. The molecule has 96 valence electrons. The van der Waals surface area contributed by atoms with Gasteiger partial charge < -0.3 is 10.3 Å². The van der Waals surface area contributed by atoms with Crippen LogP contribution in [0.4, 0.5) is 5.88 Å². The lowest BCUT2D eigenvalue weighted by molar-refractivity contribution is 0.438. The number of nitrogens with zero attached hydrogens (tertiary/aromatic N) is 1. The van der Waals surface area contributed by atoms with Gasteiger partial charge in [0, 0.05) is 20.6 Å². The van der Waals surface area contributed by atoms with E-state index in [9.17, 15) is 0 Å². The number of rotatable bonds is 3. The van der Waals surface area contributed by atoms with Crippen LogP contribution in [0.5, 0.6) is 0 Å². The fraction of sp³-hybridized carbons (Fsp3) is 0.308. The lowest BCUT2D eigenvalue weighted by Crippen LogP contribution is -1.98. The third-order valence-corrected chi connectivity index (χ3v) is 3.24. The highest BCUT2D eigenvalue weighted by Gasteiger charge is 2.17. The maximum atomic E-state index is 6.05. The van der Waals surface area contributed by atoms with Gasteiger partial charge in [-0.25, -0.2) is 0 Å². The Hall–Kier alpha value is -1.00. The van der Waals surface area contributed by atoms with Crippen molar-refractivity contribution in [1.82, 2.24) is 5.16 Å². The molecule has 0 aliphatic rings. The first-order valence-corrected chi connectivity index (χ1v) is 6.85. The normalized spacial score (nSPS) is 11.2. The second kappa shape index (κ2) is 5.33. The molecule has 2 rings (SSSR count). The van der Waals surface area contributed by atoms with E-state index >= 15 is 0 Å². The van der Waals surface area contributed by atoms with E-state index in [1.54, 1.807) is 0 Å². The van der Waals surface area contributed by atoms with E-state index in [4.69, 9.17) is 21.9 Å². The van der Waals surface area contributed by atoms with Gasteiger partial charge in [-0.2, -0.15) is 0 Å². The van der Waals surface area contributed by atoms with Gasteiger partial charge in [0.25, 0.3) is 0 Å². The van der Waals surface area contributed by atoms with Gasteiger partial charge in [-0.15, -0.1) is 0 Å². The number of hydrogen-bond donors (Lipinski definition) is 1. The molecule has 5 heteroatoms. The Balaban J connectivity index is 2.50. The SMILES string of the molecule is CC(C)Cc1c(-c2cc(Cl)cc(Br)c2)noc1N. The van der Waals surface area contributed by atoms with Crippen LogP contribution in [0.25, 0.3) is 11.3 Å². The van der Waals surface area contributed by atoms with Crippen molar-refractivity contribution < 1.29 is 4.52 Å². The van der Waals surface area contributed by atoms with Gasteiger partial charge in [0.15, 0.2) is 0 Å². The molecule has 18 heavy (non-hydrogen) atoms. The Morgan fingerprint density at radius 2 is 2.11 bits per heavy atom. The van der Waals surface area contributed by atoms with Crippen molar-refractivity contribution in [3.05, 3.63) is 33.3 Å². The van der Waals surface area contributed by atoms with Crippen LogP contribution in [0.1, 0.15) is 19.4 Å². The Bertz CT molecular complexity index is 546. The van der Waals surface area contributed by atoms with E-state index in [1.165, 1.54) is 0 Å². The summed E-state index contributed by atoms with van der Waals surface area (Å²) in [5.74, 6) is 0.864. The number of hydrogen-bond acceptors (Lipinski definition) is 3. The average Bonchev–Trinajstić information content (AvgIpc) is 2.58. The first-order valence-electron chi connectivity index (χ1n) is 5.68. The highest BCUT2D eigenvalue weighted by Crippen LogP contribution is 2.32. The van der Waals surface area contributed by atoms with Crippen LogP contribution in [0.15, 0.2) is 27.2 Å². The van der Waals surface area contributed by atoms with Crippen LogP contribution in [0, 0.1) is 5.92 Å². The molecule has 0 amide bonds. The van der Waals surface area contributed by atoms with E-state index in [0.717, 1.165) is 27.7 Å². The van der Waals surface area contributed by atoms with E-state index in [-0.39, 0.29) is 0 Å². The van der Waals surface area contributed by atoms with Crippen molar-refractivity contribution in [1.29, 1.82) is 0 Å². The predicted molar refractivity (Wildman–Crippen MR) is 77.6 cm³/mol. The molecule has 1 heterocycles. The number of benzene rings is 1. The second-order valence-electron chi connectivity index (χ2n) is 4.63. The molecular weight excluding hydrogens is 316 g/mol. The summed E-state index contributed by atoms with van der Waals surface area (Å²) >= 11 is 9.46. The van der Waals surface area contributed by atoms with Crippen LogP contribution in [0.3, 0.4) is 0 Å². The molecule has 3 nitrogen and oxygen atoms in total. The van der Waals surface area contributed by atoms with Crippen LogP contribution in [-0.4, -0.2) is 5.16 Å². The molecule has 0 unspecified atom stereocenters. The van der Waals surface area contributed by atoms with Gasteiger partial charge in [0.2, 0.25) is 5.88 Å². The predicted octanol–water partition coefficient (Wildman–Crippen LogP) is 4.54. The van der Waals surface area contributed by atoms with E-state index in [2.05, 4.69) is 34.9 Å². The zero-order chi connectivity index (χ0) is 13.3. The highest BCUT2D eigenvalue weighted by atomic mass is 79.9. The summed E-state index contributed by atoms with van der Waals surface area (Å²) in [5.41, 5.74) is 8.45. The molecule has 0 spiro atoms. The lowest BCUT2D eigenvalue weighted by atomic mass is 9.99. The molecule has 0 bridgehead atoms. The number of nitrogen functional groups attached to an aromatic ring is 1. The molecule has 0 aliphatic carbocycles. The Morgan fingerprint density at radius 1 is 1.39 bits per heavy atom. The average molecular weight is 330 g/mol. The molecule has 2 N–H and O–H groups in total. The molecule has 1 aromatic carbocycles. The summed E-state index contributed by atoms with van der Waals surface area (Å²) in [6, 6.07) is 5.64. The number of halogens is 2. The minimum Gasteiger partial charge on any atom is -0.367 e. The number of nitrogens with two attached hydrogens (primary N) is 1. The van der Waals surface area contributed by atoms with Crippen molar-refractivity contribution >= 4 is 33.4 Å². The van der Waals surface area contributed by atoms with Gasteiger partial charge in [-0.05, 0) is 30.5 Å². The summed E-state index contributed by atoms with van der Waals surface area (Å²) in [6.07, 6.45) is 0.828. The minimum atomic E-state index is 0.384. The molecule has 0 atom stereocenters. The first-order chi connectivity index (χ1) is 8.47. The zero-order valence-corrected chi connectivity index (χ0v) is 12.5. The van der Waals surface area contributed by atoms with Crippen molar-refractivity contribution in [3.63, 3.8) is 0 Å². The highest BCUT2D eigenvalue weighted by molar-refractivity contribution is 9.10. The maximum Gasteiger partial charge on any atom is 0.225 e. The summed E-state index contributed by atoms with van der Waals surface area (Å²) in [4.78, 5) is 0. The van der Waals surface area contributed by atoms with Crippen LogP contribution in [0.2, 0.25) is 5.02 Å². The number of anilines is 1. The summed E-state index contributed by atoms with van der Waals surface area (Å²) in [6.45, 7) is 4.26. The molecular formula is C13H14BrClN2O. The smallest absolute Gasteiger partial charge is 0.225 e. The first kappa shape index (κ1) is 13.4. The largest absolute Gasteiger partial charge is 0.367 e. The monoisotopic (exact) mass is 328 g/mol. The molecule has 0 saturated heterocycles. The van der Waals surface area contributed by atoms with E-state index in [0.29, 0.717) is 16.8 Å². The van der Waals surface area contributed by atoms with E-state index < -0.39 is 0 Å². The van der Waals surface area contributed by atoms with Gasteiger partial charge in [0.1, 0.15) is 5.69 Å². The third-order valence-electron chi connectivity index (χ3n) is 2.57.